The van der Waals surface area contributed by atoms with Crippen molar-refractivity contribution in [2.75, 3.05) is 18.0 Å². The molecule has 0 radical (unpaired) electrons. The van der Waals surface area contributed by atoms with E-state index in [1.54, 1.807) is 13.1 Å². The summed E-state index contributed by atoms with van der Waals surface area (Å²) in [7, 11) is 0. The molecule has 0 aromatic carbocycles. The van der Waals surface area contributed by atoms with E-state index in [0.717, 1.165) is 30.9 Å². The molecule has 0 spiro atoms. The summed E-state index contributed by atoms with van der Waals surface area (Å²) >= 11 is 0. The SMILES string of the molecule is CC(=O)c1cccnc1N1CCC(C)(C)C1. The van der Waals surface area contributed by atoms with Crippen molar-refractivity contribution in [2.45, 2.75) is 27.2 Å². The molecule has 0 aliphatic carbocycles. The first-order valence-corrected chi connectivity index (χ1v) is 5.70. The lowest BCUT2D eigenvalue weighted by Crippen LogP contribution is -2.25. The second-order valence-corrected chi connectivity index (χ2v) is 5.27. The Labute approximate surface area is 96.5 Å². The number of carbonyl (C=O) groups excluding carboxylic acids is 1. The maximum Gasteiger partial charge on any atom is 0.163 e. The van der Waals surface area contributed by atoms with Crippen molar-refractivity contribution < 1.29 is 4.79 Å². The maximum absolute atomic E-state index is 11.5. The van der Waals surface area contributed by atoms with Crippen molar-refractivity contribution in [3.8, 4) is 0 Å². The molecule has 0 unspecified atom stereocenters. The fourth-order valence-corrected chi connectivity index (χ4v) is 2.22. The summed E-state index contributed by atoms with van der Waals surface area (Å²) < 4.78 is 0. The number of aromatic nitrogens is 1. The van der Waals surface area contributed by atoms with Crippen molar-refractivity contribution in [3.05, 3.63) is 23.9 Å². The van der Waals surface area contributed by atoms with Crippen LogP contribution < -0.4 is 4.90 Å². The van der Waals surface area contributed by atoms with Gasteiger partial charge in [-0.25, -0.2) is 4.98 Å². The average Bonchev–Trinajstić information content (AvgIpc) is 2.59. The molecule has 1 aliphatic rings. The number of anilines is 1. The molecule has 1 saturated heterocycles. The predicted octanol–water partition coefficient (Wildman–Crippen LogP) is 2.52. The fraction of sp³-hybridized carbons (Fsp3) is 0.538. The minimum absolute atomic E-state index is 0.0906. The Hall–Kier alpha value is -1.38. The molecular formula is C13H18N2O. The molecule has 0 atom stereocenters. The highest BCUT2D eigenvalue weighted by molar-refractivity contribution is 5.98. The Morgan fingerprint density at radius 2 is 2.25 bits per heavy atom. The van der Waals surface area contributed by atoms with Gasteiger partial charge in [-0.2, -0.15) is 0 Å². The molecule has 1 aromatic rings. The normalized spacial score (nSPS) is 18.8. The summed E-state index contributed by atoms with van der Waals surface area (Å²) in [5.74, 6) is 0.938. The molecule has 1 aromatic heterocycles. The number of carbonyl (C=O) groups is 1. The van der Waals surface area contributed by atoms with Crippen LogP contribution in [0.1, 0.15) is 37.6 Å². The van der Waals surface area contributed by atoms with E-state index in [2.05, 4.69) is 23.7 Å². The van der Waals surface area contributed by atoms with E-state index in [-0.39, 0.29) is 5.78 Å². The van der Waals surface area contributed by atoms with Crippen LogP contribution in [0.2, 0.25) is 0 Å². The molecule has 16 heavy (non-hydrogen) atoms. The van der Waals surface area contributed by atoms with Crippen LogP contribution >= 0.6 is 0 Å². The molecule has 2 heterocycles. The van der Waals surface area contributed by atoms with Gasteiger partial charge in [0.15, 0.2) is 5.78 Å². The van der Waals surface area contributed by atoms with Gasteiger partial charge in [-0.05, 0) is 30.9 Å². The van der Waals surface area contributed by atoms with E-state index in [9.17, 15) is 4.79 Å². The van der Waals surface area contributed by atoms with Gasteiger partial charge in [-0.15, -0.1) is 0 Å². The highest BCUT2D eigenvalue weighted by Crippen LogP contribution is 2.32. The van der Waals surface area contributed by atoms with Gasteiger partial charge in [0.25, 0.3) is 0 Å². The van der Waals surface area contributed by atoms with Crippen LogP contribution in [0.25, 0.3) is 0 Å². The average molecular weight is 218 g/mol. The third-order valence-corrected chi connectivity index (χ3v) is 3.14. The van der Waals surface area contributed by atoms with Gasteiger partial charge in [-0.3, -0.25) is 4.79 Å². The van der Waals surface area contributed by atoms with Crippen LogP contribution in [-0.4, -0.2) is 23.9 Å². The lowest BCUT2D eigenvalue weighted by molar-refractivity contribution is 0.101. The van der Waals surface area contributed by atoms with E-state index < -0.39 is 0 Å². The number of ketones is 1. The van der Waals surface area contributed by atoms with Crippen LogP contribution in [0.3, 0.4) is 0 Å². The third-order valence-electron chi connectivity index (χ3n) is 3.14. The van der Waals surface area contributed by atoms with Crippen LogP contribution in [0, 0.1) is 5.41 Å². The zero-order chi connectivity index (χ0) is 11.8. The van der Waals surface area contributed by atoms with Gasteiger partial charge >= 0.3 is 0 Å². The predicted molar refractivity (Wildman–Crippen MR) is 64.9 cm³/mol. The molecule has 0 N–H and O–H groups in total. The number of hydrogen-bond acceptors (Lipinski definition) is 3. The molecule has 0 amide bonds. The highest BCUT2D eigenvalue weighted by atomic mass is 16.1. The Bertz CT molecular complexity index is 412. The molecule has 3 nitrogen and oxygen atoms in total. The van der Waals surface area contributed by atoms with Crippen LogP contribution in [0.4, 0.5) is 5.82 Å². The number of pyridine rings is 1. The first-order chi connectivity index (χ1) is 7.49. The first-order valence-electron chi connectivity index (χ1n) is 5.70. The number of nitrogens with zero attached hydrogens (tertiary/aromatic N) is 2. The van der Waals surface area contributed by atoms with Crippen LogP contribution in [0.15, 0.2) is 18.3 Å². The Kier molecular flexibility index (Phi) is 2.70. The van der Waals surface area contributed by atoms with Gasteiger partial charge in [0.05, 0.1) is 5.56 Å². The number of Topliss-reactive ketones (excluding diaryl/α,β-unsaturated/α-hetero) is 1. The fourth-order valence-electron chi connectivity index (χ4n) is 2.22. The Balaban J connectivity index is 2.31. The monoisotopic (exact) mass is 218 g/mol. The lowest BCUT2D eigenvalue weighted by Gasteiger charge is -2.22. The third kappa shape index (κ3) is 2.08. The van der Waals surface area contributed by atoms with Gasteiger partial charge < -0.3 is 4.90 Å². The molecule has 0 bridgehead atoms. The molecule has 1 fully saturated rings. The summed E-state index contributed by atoms with van der Waals surface area (Å²) in [6.07, 6.45) is 2.91. The molecule has 3 heteroatoms. The minimum Gasteiger partial charge on any atom is -0.355 e. The van der Waals surface area contributed by atoms with Crippen molar-refractivity contribution in [1.82, 2.24) is 4.98 Å². The summed E-state index contributed by atoms with van der Waals surface area (Å²) in [5.41, 5.74) is 1.06. The van der Waals surface area contributed by atoms with Crippen LogP contribution in [-0.2, 0) is 0 Å². The van der Waals surface area contributed by atoms with Crippen molar-refractivity contribution >= 4 is 11.6 Å². The van der Waals surface area contributed by atoms with Crippen molar-refractivity contribution in [3.63, 3.8) is 0 Å². The zero-order valence-electron chi connectivity index (χ0n) is 10.2. The summed E-state index contributed by atoms with van der Waals surface area (Å²) in [4.78, 5) is 18.1. The quantitative estimate of drug-likeness (QED) is 0.715. The molecular weight excluding hydrogens is 200 g/mol. The summed E-state index contributed by atoms with van der Waals surface area (Å²) in [6, 6.07) is 3.68. The van der Waals surface area contributed by atoms with Gasteiger partial charge in [0.1, 0.15) is 5.82 Å². The second kappa shape index (κ2) is 3.89. The van der Waals surface area contributed by atoms with E-state index >= 15 is 0 Å². The summed E-state index contributed by atoms with van der Waals surface area (Å²) in [5, 5.41) is 0. The first kappa shape index (κ1) is 11.1. The summed E-state index contributed by atoms with van der Waals surface area (Å²) in [6.45, 7) is 8.07. The topological polar surface area (TPSA) is 33.2 Å². The van der Waals surface area contributed by atoms with Gasteiger partial charge in [-0.1, -0.05) is 13.8 Å². The number of hydrogen-bond donors (Lipinski definition) is 0. The zero-order valence-corrected chi connectivity index (χ0v) is 10.2. The Morgan fingerprint density at radius 1 is 1.50 bits per heavy atom. The Morgan fingerprint density at radius 3 is 2.81 bits per heavy atom. The minimum atomic E-state index is 0.0906. The van der Waals surface area contributed by atoms with Crippen molar-refractivity contribution in [2.24, 2.45) is 5.41 Å². The van der Waals surface area contributed by atoms with E-state index in [0.29, 0.717) is 5.41 Å². The molecule has 0 saturated carbocycles. The van der Waals surface area contributed by atoms with Gasteiger partial charge in [0, 0.05) is 19.3 Å². The standard InChI is InChI=1S/C13H18N2O/c1-10(16)11-5-4-7-14-12(11)15-8-6-13(2,3)9-15/h4-5,7H,6,8-9H2,1-3H3. The maximum atomic E-state index is 11.5. The van der Waals surface area contributed by atoms with E-state index in [4.69, 9.17) is 0 Å². The van der Waals surface area contributed by atoms with Crippen LogP contribution in [0.5, 0.6) is 0 Å². The highest BCUT2D eigenvalue weighted by Gasteiger charge is 2.31. The van der Waals surface area contributed by atoms with Crippen molar-refractivity contribution in [1.29, 1.82) is 0 Å². The molecule has 1 aliphatic heterocycles. The smallest absolute Gasteiger partial charge is 0.163 e. The second-order valence-electron chi connectivity index (χ2n) is 5.27. The van der Waals surface area contributed by atoms with E-state index in [1.807, 2.05) is 12.1 Å². The van der Waals surface area contributed by atoms with Gasteiger partial charge in [0.2, 0.25) is 0 Å². The number of rotatable bonds is 2. The van der Waals surface area contributed by atoms with E-state index in [1.165, 1.54) is 0 Å². The largest absolute Gasteiger partial charge is 0.355 e. The molecule has 2 rings (SSSR count). The molecule has 86 valence electrons. The lowest BCUT2D eigenvalue weighted by atomic mass is 9.93.